The van der Waals surface area contributed by atoms with Crippen LogP contribution in [-0.4, -0.2) is 95.6 Å². The van der Waals surface area contributed by atoms with Gasteiger partial charge in [0.2, 0.25) is 5.95 Å². The van der Waals surface area contributed by atoms with E-state index in [1.165, 1.54) is 50.5 Å². The number of halogens is 3. The first kappa shape index (κ1) is 32.2. The SMILES string of the molecule is COc1ccc(C(=O)Nc2cccc(C(F)(F)F)c2)cc1Nc1ncnc2c(N)nc(N3CCN(CC4CCN(C)CC4)CC3)nc12. The number of hydrogen-bond donors (Lipinski definition) is 3. The molecule has 12 nitrogen and oxygen atoms in total. The molecule has 2 aromatic heterocycles. The number of methoxy groups -OCH3 is 1. The summed E-state index contributed by atoms with van der Waals surface area (Å²) in [6, 6.07) is 9.05. The number of nitrogen functional groups attached to an aromatic ring is 1. The fraction of sp³-hybridized carbons (Fsp3) is 0.406. The molecule has 6 rings (SSSR count). The Balaban J connectivity index is 1.20. The maximum absolute atomic E-state index is 13.2. The summed E-state index contributed by atoms with van der Waals surface area (Å²) in [6.45, 7) is 6.71. The molecule has 0 spiro atoms. The Hall–Kier alpha value is -4.76. The molecule has 0 atom stereocenters. The highest BCUT2D eigenvalue weighted by Gasteiger charge is 2.30. The summed E-state index contributed by atoms with van der Waals surface area (Å²) in [5.41, 5.74) is 6.83. The van der Waals surface area contributed by atoms with E-state index in [4.69, 9.17) is 15.5 Å². The highest BCUT2D eigenvalue weighted by molar-refractivity contribution is 6.05. The molecule has 2 aliphatic rings. The number of hydrogen-bond acceptors (Lipinski definition) is 11. The van der Waals surface area contributed by atoms with Crippen LogP contribution in [0.5, 0.6) is 5.75 Å². The van der Waals surface area contributed by atoms with Gasteiger partial charge in [0, 0.05) is 44.0 Å². The molecule has 4 heterocycles. The predicted octanol–water partition coefficient (Wildman–Crippen LogP) is 4.49. The number of fused-ring (bicyclic) bond motifs is 1. The Bertz CT molecular complexity index is 1740. The maximum Gasteiger partial charge on any atom is 0.416 e. The van der Waals surface area contributed by atoms with Gasteiger partial charge in [-0.05, 0) is 75.3 Å². The molecule has 248 valence electrons. The van der Waals surface area contributed by atoms with Crippen LogP contribution in [0.2, 0.25) is 0 Å². The van der Waals surface area contributed by atoms with Crippen molar-refractivity contribution in [3.05, 3.63) is 59.9 Å². The number of anilines is 5. The second-order valence-electron chi connectivity index (χ2n) is 11.9. The molecule has 47 heavy (non-hydrogen) atoms. The highest BCUT2D eigenvalue weighted by atomic mass is 19.4. The van der Waals surface area contributed by atoms with Gasteiger partial charge in [0.05, 0.1) is 18.4 Å². The Kier molecular flexibility index (Phi) is 9.27. The molecule has 4 aromatic rings. The van der Waals surface area contributed by atoms with Crippen molar-refractivity contribution < 1.29 is 22.7 Å². The first-order chi connectivity index (χ1) is 22.6. The van der Waals surface area contributed by atoms with Crippen LogP contribution in [0.1, 0.15) is 28.8 Å². The van der Waals surface area contributed by atoms with Crippen LogP contribution in [0.3, 0.4) is 0 Å². The van der Waals surface area contributed by atoms with Crippen molar-refractivity contribution in [2.24, 2.45) is 5.92 Å². The molecular formula is C32H37F3N10O2. The standard InChI is InChI=1S/C32H37F3N10O2/c1-43-10-8-20(9-11-43)18-44-12-14-45(15-13-44)31-41-27-26(28(36)42-31)37-19-38-29(27)40-24-16-21(6-7-25(24)47-2)30(46)39-23-5-3-4-22(17-23)32(33,34)35/h3-7,16-17,19-20H,8-15,18H2,1-2H3,(H,39,46)(H2,36,41,42)(H,37,38,40). The van der Waals surface area contributed by atoms with E-state index in [0.717, 1.165) is 63.9 Å². The minimum Gasteiger partial charge on any atom is -0.495 e. The van der Waals surface area contributed by atoms with Gasteiger partial charge in [0.25, 0.3) is 5.91 Å². The number of nitrogens with two attached hydrogens (primary N) is 1. The number of likely N-dealkylation sites (tertiary alicyclic amines) is 1. The Morgan fingerprint density at radius 3 is 2.49 bits per heavy atom. The molecule has 2 saturated heterocycles. The average Bonchev–Trinajstić information content (AvgIpc) is 3.06. The molecule has 0 saturated carbocycles. The molecule has 0 aliphatic carbocycles. The zero-order chi connectivity index (χ0) is 33.1. The van der Waals surface area contributed by atoms with Gasteiger partial charge in [0.1, 0.15) is 23.1 Å². The van der Waals surface area contributed by atoms with Crippen molar-refractivity contribution >= 4 is 45.9 Å². The maximum atomic E-state index is 13.2. The summed E-state index contributed by atoms with van der Waals surface area (Å²) in [5, 5.41) is 5.71. The number of benzene rings is 2. The Labute approximate surface area is 270 Å². The number of aromatic nitrogens is 4. The van der Waals surface area contributed by atoms with Gasteiger partial charge >= 0.3 is 6.18 Å². The van der Waals surface area contributed by atoms with Gasteiger partial charge in [-0.3, -0.25) is 9.69 Å². The van der Waals surface area contributed by atoms with Gasteiger partial charge in [-0.25, -0.2) is 15.0 Å². The second-order valence-corrected chi connectivity index (χ2v) is 11.9. The van der Waals surface area contributed by atoms with Crippen LogP contribution in [-0.2, 0) is 6.18 Å². The van der Waals surface area contributed by atoms with E-state index in [-0.39, 0.29) is 17.1 Å². The Morgan fingerprint density at radius 2 is 1.77 bits per heavy atom. The van der Waals surface area contributed by atoms with E-state index in [1.54, 1.807) is 6.07 Å². The number of alkyl halides is 3. The third-order valence-electron chi connectivity index (χ3n) is 8.67. The van der Waals surface area contributed by atoms with Crippen molar-refractivity contribution in [3.63, 3.8) is 0 Å². The highest BCUT2D eigenvalue weighted by Crippen LogP contribution is 2.33. The van der Waals surface area contributed by atoms with Gasteiger partial charge in [-0.2, -0.15) is 18.2 Å². The third kappa shape index (κ3) is 7.46. The van der Waals surface area contributed by atoms with E-state index < -0.39 is 17.6 Å². The summed E-state index contributed by atoms with van der Waals surface area (Å²) < 4.78 is 45.0. The topological polar surface area (TPSA) is 138 Å². The number of nitrogens with one attached hydrogen (secondary N) is 2. The normalized spacial score (nSPS) is 16.7. The summed E-state index contributed by atoms with van der Waals surface area (Å²) in [7, 11) is 3.65. The van der Waals surface area contributed by atoms with Crippen LogP contribution in [0.15, 0.2) is 48.8 Å². The molecule has 15 heteroatoms. The largest absolute Gasteiger partial charge is 0.495 e. The quantitative estimate of drug-likeness (QED) is 0.249. The van der Waals surface area contributed by atoms with Crippen molar-refractivity contribution in [2.45, 2.75) is 19.0 Å². The molecule has 2 aromatic carbocycles. The number of carbonyl (C=O) groups is 1. The molecular weight excluding hydrogens is 613 g/mol. The summed E-state index contributed by atoms with van der Waals surface area (Å²) in [6.07, 6.45) is -0.746. The number of piperidine rings is 1. The molecule has 4 N–H and O–H groups in total. The summed E-state index contributed by atoms with van der Waals surface area (Å²) in [5.74, 6) is 1.53. The molecule has 2 fully saturated rings. The smallest absolute Gasteiger partial charge is 0.416 e. The first-order valence-electron chi connectivity index (χ1n) is 15.4. The van der Waals surface area contributed by atoms with Crippen LogP contribution in [0.4, 0.5) is 42.1 Å². The lowest BCUT2D eigenvalue weighted by Crippen LogP contribution is -2.49. The molecule has 2 aliphatic heterocycles. The fourth-order valence-electron chi connectivity index (χ4n) is 5.98. The van der Waals surface area contributed by atoms with Crippen LogP contribution in [0, 0.1) is 5.92 Å². The van der Waals surface area contributed by atoms with Gasteiger partial charge < -0.3 is 30.9 Å². The Morgan fingerprint density at radius 1 is 1.00 bits per heavy atom. The second kappa shape index (κ2) is 13.5. The van der Waals surface area contributed by atoms with Crippen LogP contribution < -0.4 is 26.0 Å². The zero-order valence-electron chi connectivity index (χ0n) is 26.2. The van der Waals surface area contributed by atoms with Crippen molar-refractivity contribution in [2.75, 3.05) is 81.2 Å². The summed E-state index contributed by atoms with van der Waals surface area (Å²) >= 11 is 0. The average molecular weight is 651 g/mol. The van der Waals surface area contributed by atoms with Crippen molar-refractivity contribution in [1.82, 2.24) is 29.7 Å². The molecule has 0 radical (unpaired) electrons. The minimum absolute atomic E-state index is 0.0132. The first-order valence-corrected chi connectivity index (χ1v) is 15.4. The number of carbonyl (C=O) groups excluding carboxylic acids is 1. The lowest BCUT2D eigenvalue weighted by Gasteiger charge is -2.38. The third-order valence-corrected chi connectivity index (χ3v) is 8.67. The van der Waals surface area contributed by atoms with Crippen LogP contribution >= 0.6 is 0 Å². The number of rotatable bonds is 8. The van der Waals surface area contributed by atoms with Gasteiger partial charge in [-0.15, -0.1) is 0 Å². The van der Waals surface area contributed by atoms with Crippen molar-refractivity contribution in [3.8, 4) is 5.75 Å². The van der Waals surface area contributed by atoms with E-state index in [0.29, 0.717) is 34.2 Å². The van der Waals surface area contributed by atoms with E-state index in [9.17, 15) is 18.0 Å². The van der Waals surface area contributed by atoms with Gasteiger partial charge in [-0.1, -0.05) is 6.07 Å². The van der Waals surface area contributed by atoms with Gasteiger partial charge in [0.15, 0.2) is 11.6 Å². The molecule has 0 bridgehead atoms. The minimum atomic E-state index is -4.54. The lowest BCUT2D eigenvalue weighted by atomic mass is 9.96. The fourth-order valence-corrected chi connectivity index (χ4v) is 5.98. The number of nitrogens with zero attached hydrogens (tertiary/aromatic N) is 7. The summed E-state index contributed by atoms with van der Waals surface area (Å²) in [4.78, 5) is 38.1. The van der Waals surface area contributed by atoms with E-state index >= 15 is 0 Å². The predicted molar refractivity (Wildman–Crippen MR) is 174 cm³/mol. The van der Waals surface area contributed by atoms with E-state index in [2.05, 4.69) is 47.3 Å². The number of piperazine rings is 1. The number of amides is 1. The number of ether oxygens (including phenoxy) is 1. The zero-order valence-corrected chi connectivity index (χ0v) is 26.2. The molecule has 1 amide bonds. The lowest BCUT2D eigenvalue weighted by molar-refractivity contribution is -0.137. The van der Waals surface area contributed by atoms with Crippen LogP contribution in [0.25, 0.3) is 11.0 Å². The molecule has 0 unspecified atom stereocenters. The van der Waals surface area contributed by atoms with E-state index in [1.807, 2.05) is 0 Å². The van der Waals surface area contributed by atoms with Crippen molar-refractivity contribution in [1.29, 1.82) is 0 Å². The monoisotopic (exact) mass is 650 g/mol.